The highest BCUT2D eigenvalue weighted by Gasteiger charge is 2.26. The summed E-state index contributed by atoms with van der Waals surface area (Å²) in [5.74, 6) is 1.33. The van der Waals surface area contributed by atoms with Gasteiger partial charge in [0, 0.05) is 25.8 Å². The Labute approximate surface area is 153 Å². The Morgan fingerprint density at radius 2 is 2.08 bits per heavy atom. The van der Waals surface area contributed by atoms with Gasteiger partial charge in [-0.2, -0.15) is 5.10 Å². The van der Waals surface area contributed by atoms with E-state index in [0.29, 0.717) is 11.6 Å². The van der Waals surface area contributed by atoms with E-state index in [0.717, 1.165) is 56.2 Å². The number of halogens is 2. The van der Waals surface area contributed by atoms with E-state index in [1.807, 2.05) is 4.90 Å². The quantitative estimate of drug-likeness (QED) is 0.868. The van der Waals surface area contributed by atoms with Crippen LogP contribution in [0.15, 0.2) is 12.4 Å². The lowest BCUT2D eigenvalue weighted by atomic mass is 9.94. The number of nitrogens with zero attached hydrogens (tertiary/aromatic N) is 4. The van der Waals surface area contributed by atoms with E-state index in [-0.39, 0.29) is 6.03 Å². The fraction of sp³-hybridized carbons (Fsp3) is 0.778. The number of hydrogen-bond donors (Lipinski definition) is 1. The Morgan fingerprint density at radius 1 is 1.31 bits per heavy atom. The Balaban J connectivity index is 1.47. The Hall–Kier alpha value is -1.70. The number of likely N-dealkylation sites (tertiary alicyclic amines) is 2. The number of urea groups is 1. The van der Waals surface area contributed by atoms with Gasteiger partial charge in [0.1, 0.15) is 6.54 Å². The van der Waals surface area contributed by atoms with E-state index < -0.39 is 13.0 Å². The number of carbonyl (C=O) groups is 1. The molecule has 0 saturated carbocycles. The molecular weight excluding hydrogens is 340 g/mol. The first-order valence-corrected chi connectivity index (χ1v) is 9.58. The van der Waals surface area contributed by atoms with Crippen LogP contribution in [-0.2, 0) is 6.54 Å². The van der Waals surface area contributed by atoms with Gasteiger partial charge in [0.2, 0.25) is 0 Å². The molecule has 0 aromatic carbocycles. The van der Waals surface area contributed by atoms with Gasteiger partial charge in [-0.05, 0) is 50.6 Å². The highest BCUT2D eigenvalue weighted by Crippen LogP contribution is 2.22. The monoisotopic (exact) mass is 369 g/mol. The zero-order chi connectivity index (χ0) is 18.5. The van der Waals surface area contributed by atoms with Crippen LogP contribution < -0.4 is 5.32 Å². The topological polar surface area (TPSA) is 53.4 Å². The molecule has 1 N–H and O–H groups in total. The molecule has 1 atom stereocenters. The minimum atomic E-state index is -2.46. The van der Waals surface area contributed by atoms with Gasteiger partial charge < -0.3 is 15.1 Å². The maximum absolute atomic E-state index is 12.5. The maximum atomic E-state index is 12.5. The molecule has 2 saturated heterocycles. The molecular formula is C18H29F2N5O. The molecule has 8 heteroatoms. The van der Waals surface area contributed by atoms with Crippen LogP contribution in [0.5, 0.6) is 0 Å². The van der Waals surface area contributed by atoms with Crippen LogP contribution in [0.4, 0.5) is 19.3 Å². The lowest BCUT2D eigenvalue weighted by molar-refractivity contribution is 0.122. The van der Waals surface area contributed by atoms with Crippen LogP contribution in [0.1, 0.15) is 32.6 Å². The highest BCUT2D eigenvalue weighted by atomic mass is 19.3. The van der Waals surface area contributed by atoms with Crippen LogP contribution >= 0.6 is 0 Å². The molecule has 6 nitrogen and oxygen atoms in total. The number of amides is 2. The summed E-state index contributed by atoms with van der Waals surface area (Å²) in [5.41, 5.74) is 0.461. The van der Waals surface area contributed by atoms with Gasteiger partial charge in [-0.15, -0.1) is 0 Å². The van der Waals surface area contributed by atoms with E-state index in [4.69, 9.17) is 0 Å². The van der Waals surface area contributed by atoms with Crippen LogP contribution in [-0.4, -0.2) is 64.8 Å². The summed E-state index contributed by atoms with van der Waals surface area (Å²) in [7, 11) is 0. The molecule has 3 rings (SSSR count). The van der Waals surface area contributed by atoms with E-state index in [1.165, 1.54) is 25.2 Å². The largest absolute Gasteiger partial charge is 0.324 e. The average Bonchev–Trinajstić information content (AvgIpc) is 3.03. The van der Waals surface area contributed by atoms with Crippen LogP contribution in [0.25, 0.3) is 0 Å². The van der Waals surface area contributed by atoms with Gasteiger partial charge in [0.25, 0.3) is 6.43 Å². The molecule has 2 fully saturated rings. The Morgan fingerprint density at radius 3 is 2.81 bits per heavy atom. The number of alkyl halides is 2. The molecule has 0 spiro atoms. The van der Waals surface area contributed by atoms with Crippen molar-refractivity contribution in [2.75, 3.05) is 38.0 Å². The molecule has 26 heavy (non-hydrogen) atoms. The second-order valence-corrected chi connectivity index (χ2v) is 7.71. The number of anilines is 1. The van der Waals surface area contributed by atoms with Crippen molar-refractivity contribution in [1.29, 1.82) is 0 Å². The van der Waals surface area contributed by atoms with E-state index in [1.54, 1.807) is 0 Å². The maximum Gasteiger partial charge on any atom is 0.321 e. The lowest BCUT2D eigenvalue weighted by Gasteiger charge is -2.37. The predicted octanol–water partition coefficient (Wildman–Crippen LogP) is 3.12. The van der Waals surface area contributed by atoms with Crippen LogP contribution in [0.2, 0.25) is 0 Å². The number of piperidine rings is 2. The fourth-order valence-corrected chi connectivity index (χ4v) is 3.88. The van der Waals surface area contributed by atoms with Crippen molar-refractivity contribution >= 4 is 11.7 Å². The van der Waals surface area contributed by atoms with Crippen LogP contribution in [0, 0.1) is 11.8 Å². The number of aromatic nitrogens is 2. The van der Waals surface area contributed by atoms with Gasteiger partial charge >= 0.3 is 6.03 Å². The second-order valence-electron chi connectivity index (χ2n) is 7.71. The summed E-state index contributed by atoms with van der Waals surface area (Å²) in [6, 6.07) is -0.168. The summed E-state index contributed by atoms with van der Waals surface area (Å²) in [4.78, 5) is 16.9. The zero-order valence-corrected chi connectivity index (χ0v) is 15.4. The van der Waals surface area contributed by atoms with Gasteiger partial charge in [0.05, 0.1) is 11.9 Å². The van der Waals surface area contributed by atoms with Gasteiger partial charge in [-0.25, -0.2) is 13.6 Å². The van der Waals surface area contributed by atoms with E-state index in [9.17, 15) is 13.6 Å². The first-order valence-electron chi connectivity index (χ1n) is 9.58. The molecule has 2 aliphatic rings. The molecule has 146 valence electrons. The molecule has 1 aromatic heterocycles. The Kier molecular flexibility index (Phi) is 6.45. The number of carbonyl (C=O) groups excluding carboxylic acids is 1. The van der Waals surface area contributed by atoms with E-state index >= 15 is 0 Å². The minimum Gasteiger partial charge on any atom is -0.324 e. The van der Waals surface area contributed by atoms with Crippen molar-refractivity contribution in [1.82, 2.24) is 19.6 Å². The average molecular weight is 369 g/mol. The summed E-state index contributed by atoms with van der Waals surface area (Å²) >= 11 is 0. The third-order valence-corrected chi connectivity index (χ3v) is 5.41. The SMILES string of the molecule is CC1CCN(CC2CCCN(C(=O)Nc3cnn(CC(F)F)c3)C2)CC1. The summed E-state index contributed by atoms with van der Waals surface area (Å²) < 4.78 is 25.9. The molecule has 2 aliphatic heterocycles. The zero-order valence-electron chi connectivity index (χ0n) is 15.4. The molecule has 1 unspecified atom stereocenters. The van der Waals surface area contributed by atoms with Crippen LogP contribution in [0.3, 0.4) is 0 Å². The predicted molar refractivity (Wildman–Crippen MR) is 96.4 cm³/mol. The first-order chi connectivity index (χ1) is 12.5. The summed E-state index contributed by atoms with van der Waals surface area (Å²) in [6.07, 6.45) is 5.09. The molecule has 0 bridgehead atoms. The summed E-state index contributed by atoms with van der Waals surface area (Å²) in [6.45, 7) is 6.72. The normalized spacial score (nSPS) is 22.8. The van der Waals surface area contributed by atoms with Gasteiger partial charge in [-0.1, -0.05) is 6.92 Å². The van der Waals surface area contributed by atoms with Gasteiger partial charge in [-0.3, -0.25) is 4.68 Å². The first kappa shape index (κ1) is 19.1. The summed E-state index contributed by atoms with van der Waals surface area (Å²) in [5, 5.41) is 6.63. The second kappa shape index (κ2) is 8.79. The number of rotatable bonds is 5. The number of hydrogen-bond acceptors (Lipinski definition) is 3. The van der Waals surface area contributed by atoms with Crippen molar-refractivity contribution in [2.24, 2.45) is 11.8 Å². The molecule has 1 aromatic rings. The third-order valence-electron chi connectivity index (χ3n) is 5.41. The fourth-order valence-electron chi connectivity index (χ4n) is 3.88. The van der Waals surface area contributed by atoms with Crippen molar-refractivity contribution in [2.45, 2.75) is 45.6 Å². The molecule has 0 aliphatic carbocycles. The standard InChI is InChI=1S/C18H29F2N5O/c1-14-4-7-23(8-5-14)10-15-3-2-6-24(11-15)18(26)22-16-9-21-25(12-16)13-17(19)20/h9,12,14-15,17H,2-8,10-11,13H2,1H3,(H,22,26). The molecule has 2 amide bonds. The van der Waals surface area contributed by atoms with Crippen molar-refractivity contribution in [3.05, 3.63) is 12.4 Å². The molecule has 0 radical (unpaired) electrons. The van der Waals surface area contributed by atoms with Crippen molar-refractivity contribution in [3.63, 3.8) is 0 Å². The molecule has 3 heterocycles. The minimum absolute atomic E-state index is 0.168. The lowest BCUT2D eigenvalue weighted by Crippen LogP contribution is -2.46. The highest BCUT2D eigenvalue weighted by molar-refractivity contribution is 5.89. The van der Waals surface area contributed by atoms with Gasteiger partial charge in [0.15, 0.2) is 0 Å². The van der Waals surface area contributed by atoms with E-state index in [2.05, 4.69) is 22.2 Å². The Bertz CT molecular complexity index is 586. The van der Waals surface area contributed by atoms with Crippen molar-refractivity contribution < 1.29 is 13.6 Å². The van der Waals surface area contributed by atoms with Crippen molar-refractivity contribution in [3.8, 4) is 0 Å². The smallest absolute Gasteiger partial charge is 0.321 e. The third kappa shape index (κ3) is 5.40. The number of nitrogens with one attached hydrogen (secondary N) is 1.